The molecule has 1 aliphatic rings. The van der Waals surface area contributed by atoms with Crippen LogP contribution in [-0.4, -0.2) is 36.8 Å². The molecule has 9 heteroatoms. The summed E-state index contributed by atoms with van der Waals surface area (Å²) in [7, 11) is -3.31. The number of fused-ring (bicyclic) bond motifs is 1. The second-order valence-corrected chi connectivity index (χ2v) is 10.0. The highest BCUT2D eigenvalue weighted by molar-refractivity contribution is 7.91. The lowest BCUT2D eigenvalue weighted by atomic mass is 10.1. The van der Waals surface area contributed by atoms with Crippen molar-refractivity contribution in [3.05, 3.63) is 69.9 Å². The van der Waals surface area contributed by atoms with Crippen LogP contribution < -0.4 is 0 Å². The highest BCUT2D eigenvalue weighted by Crippen LogP contribution is 2.31. The summed E-state index contributed by atoms with van der Waals surface area (Å²) in [4.78, 5) is 14.7. The first-order valence-electron chi connectivity index (χ1n) is 9.29. The normalized spacial score (nSPS) is 18.1. The van der Waals surface area contributed by atoms with Crippen LogP contribution in [0.1, 0.15) is 28.1 Å². The second kappa shape index (κ2) is 7.67. The van der Waals surface area contributed by atoms with E-state index in [0.29, 0.717) is 16.5 Å². The van der Waals surface area contributed by atoms with E-state index in [-0.39, 0.29) is 40.8 Å². The van der Waals surface area contributed by atoms with E-state index in [0.717, 1.165) is 0 Å². The molecule has 1 atom stereocenters. The molecular formula is C21H18ClF2NO4S. The van der Waals surface area contributed by atoms with E-state index < -0.39 is 33.4 Å². The Morgan fingerprint density at radius 3 is 2.70 bits per heavy atom. The minimum absolute atomic E-state index is 0.0349. The van der Waals surface area contributed by atoms with Gasteiger partial charge in [0.05, 0.1) is 18.1 Å². The number of hydrogen-bond donors (Lipinski definition) is 0. The molecular weight excluding hydrogens is 436 g/mol. The molecule has 0 bridgehead atoms. The Morgan fingerprint density at radius 1 is 1.27 bits per heavy atom. The maximum absolute atomic E-state index is 14.4. The number of halogens is 3. The van der Waals surface area contributed by atoms with E-state index in [1.165, 1.54) is 41.3 Å². The number of nitrogens with zero attached hydrogens (tertiary/aromatic N) is 1. The van der Waals surface area contributed by atoms with Crippen molar-refractivity contribution in [2.24, 2.45) is 0 Å². The number of sulfone groups is 1. The summed E-state index contributed by atoms with van der Waals surface area (Å²) in [5.74, 6) is -1.97. The molecule has 0 saturated carbocycles. The zero-order valence-corrected chi connectivity index (χ0v) is 17.6. The maximum Gasteiger partial charge on any atom is 0.290 e. The van der Waals surface area contributed by atoms with Gasteiger partial charge in [-0.15, -0.1) is 0 Å². The van der Waals surface area contributed by atoms with Crippen LogP contribution in [0.2, 0.25) is 5.02 Å². The molecule has 1 aromatic heterocycles. The predicted molar refractivity (Wildman–Crippen MR) is 109 cm³/mol. The van der Waals surface area contributed by atoms with Gasteiger partial charge in [-0.2, -0.15) is 0 Å². The molecule has 3 aromatic rings. The number of rotatable bonds is 4. The highest BCUT2D eigenvalue weighted by atomic mass is 35.5. The van der Waals surface area contributed by atoms with Gasteiger partial charge in [0.25, 0.3) is 5.91 Å². The van der Waals surface area contributed by atoms with E-state index in [9.17, 15) is 22.0 Å². The van der Waals surface area contributed by atoms with Gasteiger partial charge in [-0.3, -0.25) is 4.79 Å². The SMILES string of the molecule is Cc1c(C(=O)N(Cc2c(F)cccc2Cl)C2CCS(=O)(=O)C2)oc2ccc(F)cc12. The standard InChI is InChI=1S/C21H18ClF2NO4S/c1-12-15-9-13(23)5-6-19(15)29-20(12)21(26)25(14-7-8-30(27,28)11-14)10-16-17(22)3-2-4-18(16)24/h2-6,9,14H,7-8,10-11H2,1H3. The van der Waals surface area contributed by atoms with Gasteiger partial charge in [0.2, 0.25) is 0 Å². The third-order valence-electron chi connectivity index (χ3n) is 5.39. The first-order valence-corrected chi connectivity index (χ1v) is 11.5. The third-order valence-corrected chi connectivity index (χ3v) is 7.50. The van der Waals surface area contributed by atoms with Gasteiger partial charge < -0.3 is 9.32 Å². The summed E-state index contributed by atoms with van der Waals surface area (Å²) >= 11 is 6.14. The lowest BCUT2D eigenvalue weighted by Gasteiger charge is -2.28. The van der Waals surface area contributed by atoms with Crippen molar-refractivity contribution in [1.29, 1.82) is 0 Å². The van der Waals surface area contributed by atoms with E-state index in [4.69, 9.17) is 16.0 Å². The van der Waals surface area contributed by atoms with Crippen molar-refractivity contribution in [3.63, 3.8) is 0 Å². The zero-order chi connectivity index (χ0) is 21.6. The van der Waals surface area contributed by atoms with Gasteiger partial charge in [0, 0.05) is 27.6 Å². The number of benzene rings is 2. The number of amides is 1. The van der Waals surface area contributed by atoms with Crippen molar-refractivity contribution < 1.29 is 26.4 Å². The fourth-order valence-electron chi connectivity index (χ4n) is 3.77. The Hall–Kier alpha value is -2.45. The molecule has 1 aliphatic heterocycles. The minimum Gasteiger partial charge on any atom is -0.451 e. The van der Waals surface area contributed by atoms with Gasteiger partial charge in [0.15, 0.2) is 15.6 Å². The lowest BCUT2D eigenvalue weighted by Crippen LogP contribution is -2.41. The number of hydrogen-bond acceptors (Lipinski definition) is 4. The Bertz CT molecular complexity index is 1240. The van der Waals surface area contributed by atoms with Crippen LogP contribution in [0.3, 0.4) is 0 Å². The fourth-order valence-corrected chi connectivity index (χ4v) is 5.72. The Labute approximate surface area is 177 Å². The molecule has 0 aliphatic carbocycles. The molecule has 2 aromatic carbocycles. The van der Waals surface area contributed by atoms with Crippen LogP contribution in [-0.2, 0) is 16.4 Å². The molecule has 5 nitrogen and oxygen atoms in total. The van der Waals surface area contributed by atoms with Gasteiger partial charge in [-0.1, -0.05) is 17.7 Å². The molecule has 1 fully saturated rings. The molecule has 0 spiro atoms. The first kappa shape index (κ1) is 20.8. The van der Waals surface area contributed by atoms with Gasteiger partial charge in [-0.05, 0) is 43.7 Å². The highest BCUT2D eigenvalue weighted by Gasteiger charge is 2.37. The van der Waals surface area contributed by atoms with Crippen molar-refractivity contribution >= 4 is 38.3 Å². The quantitative estimate of drug-likeness (QED) is 0.583. The molecule has 1 unspecified atom stereocenters. The monoisotopic (exact) mass is 453 g/mol. The lowest BCUT2D eigenvalue weighted by molar-refractivity contribution is 0.0647. The van der Waals surface area contributed by atoms with Crippen LogP contribution in [0.4, 0.5) is 8.78 Å². The van der Waals surface area contributed by atoms with Gasteiger partial charge in [-0.25, -0.2) is 17.2 Å². The molecule has 1 saturated heterocycles. The summed E-state index contributed by atoms with van der Waals surface area (Å²) in [6, 6.07) is 7.44. The zero-order valence-electron chi connectivity index (χ0n) is 16.0. The molecule has 4 rings (SSSR count). The van der Waals surface area contributed by atoms with Crippen LogP contribution >= 0.6 is 11.6 Å². The number of carbonyl (C=O) groups excluding carboxylic acids is 1. The summed E-state index contributed by atoms with van der Waals surface area (Å²) < 4.78 is 57.8. The minimum atomic E-state index is -3.31. The van der Waals surface area contributed by atoms with Crippen LogP contribution in [0.25, 0.3) is 11.0 Å². The average molecular weight is 454 g/mol. The van der Waals surface area contributed by atoms with Crippen molar-refractivity contribution in [2.45, 2.75) is 25.9 Å². The molecule has 158 valence electrons. The summed E-state index contributed by atoms with van der Waals surface area (Å²) in [5.41, 5.74) is 0.858. The number of furan rings is 1. The van der Waals surface area contributed by atoms with Crippen molar-refractivity contribution in [1.82, 2.24) is 4.90 Å². The Morgan fingerprint density at radius 2 is 2.03 bits per heavy atom. The van der Waals surface area contributed by atoms with Gasteiger partial charge >= 0.3 is 0 Å². The maximum atomic E-state index is 14.4. The smallest absolute Gasteiger partial charge is 0.290 e. The first-order chi connectivity index (χ1) is 14.2. The molecule has 1 amide bonds. The third kappa shape index (κ3) is 3.81. The average Bonchev–Trinajstić information content (AvgIpc) is 3.20. The largest absolute Gasteiger partial charge is 0.451 e. The van der Waals surface area contributed by atoms with E-state index in [1.54, 1.807) is 6.92 Å². The van der Waals surface area contributed by atoms with E-state index in [1.807, 2.05) is 0 Å². The summed E-state index contributed by atoms with van der Waals surface area (Å²) in [5, 5.41) is 0.582. The van der Waals surface area contributed by atoms with Crippen LogP contribution in [0.5, 0.6) is 0 Å². The topological polar surface area (TPSA) is 67.6 Å². The van der Waals surface area contributed by atoms with E-state index in [2.05, 4.69) is 0 Å². The summed E-state index contributed by atoms with van der Waals surface area (Å²) in [6.07, 6.45) is 0.230. The molecule has 30 heavy (non-hydrogen) atoms. The van der Waals surface area contributed by atoms with Crippen molar-refractivity contribution in [2.75, 3.05) is 11.5 Å². The Kier molecular flexibility index (Phi) is 5.32. The molecule has 2 heterocycles. The summed E-state index contributed by atoms with van der Waals surface area (Å²) in [6.45, 7) is 1.41. The number of carbonyl (C=O) groups is 1. The Balaban J connectivity index is 1.77. The second-order valence-electron chi connectivity index (χ2n) is 7.39. The van der Waals surface area contributed by atoms with E-state index >= 15 is 0 Å². The van der Waals surface area contributed by atoms with Crippen LogP contribution in [0.15, 0.2) is 40.8 Å². The fraction of sp³-hybridized carbons (Fsp3) is 0.286. The number of aryl methyl sites for hydroxylation is 1. The molecule has 0 N–H and O–H groups in total. The van der Waals surface area contributed by atoms with Gasteiger partial charge in [0.1, 0.15) is 17.2 Å². The van der Waals surface area contributed by atoms with Crippen LogP contribution in [0, 0.1) is 18.6 Å². The molecule has 0 radical (unpaired) electrons. The van der Waals surface area contributed by atoms with Crippen molar-refractivity contribution in [3.8, 4) is 0 Å². The predicted octanol–water partition coefficient (Wildman–Crippen LogP) is 4.50.